The fourth-order valence-corrected chi connectivity index (χ4v) is 3.59. The number of nitrogens with one attached hydrogen (secondary N) is 1. The van der Waals surface area contributed by atoms with Crippen molar-refractivity contribution in [3.8, 4) is 0 Å². The summed E-state index contributed by atoms with van der Waals surface area (Å²) in [7, 11) is 0. The monoisotopic (exact) mass is 405 g/mol. The number of benzene rings is 3. The Hall–Kier alpha value is -3.64. The molecule has 0 fully saturated rings. The lowest BCUT2D eigenvalue weighted by molar-refractivity contribution is -0.116. The largest absolute Gasteiger partial charge is 0.366 e. The van der Waals surface area contributed by atoms with E-state index in [0.29, 0.717) is 27.5 Å². The van der Waals surface area contributed by atoms with E-state index in [2.05, 4.69) is 5.32 Å². The Kier molecular flexibility index (Phi) is 4.78. The lowest BCUT2D eigenvalue weighted by atomic mass is 10.1. The molecule has 3 N–H and O–H groups in total. The van der Waals surface area contributed by atoms with Gasteiger partial charge in [0.05, 0.1) is 21.6 Å². The van der Waals surface area contributed by atoms with Gasteiger partial charge in [-0.25, -0.2) is 0 Å². The van der Waals surface area contributed by atoms with Crippen LogP contribution in [0.1, 0.15) is 10.4 Å². The highest BCUT2D eigenvalue weighted by molar-refractivity contribution is 6.34. The first-order valence-corrected chi connectivity index (χ1v) is 9.23. The van der Waals surface area contributed by atoms with Gasteiger partial charge >= 0.3 is 0 Å². The Labute approximate surface area is 170 Å². The highest BCUT2D eigenvalue weighted by Crippen LogP contribution is 2.22. The van der Waals surface area contributed by atoms with E-state index in [9.17, 15) is 14.4 Å². The van der Waals surface area contributed by atoms with Gasteiger partial charge in [0.2, 0.25) is 11.8 Å². The van der Waals surface area contributed by atoms with E-state index < -0.39 is 5.91 Å². The highest BCUT2D eigenvalue weighted by atomic mass is 35.5. The minimum absolute atomic E-state index is 0.0180. The minimum atomic E-state index is -0.677. The van der Waals surface area contributed by atoms with Crippen LogP contribution in [-0.4, -0.2) is 16.4 Å². The van der Waals surface area contributed by atoms with E-state index in [0.717, 1.165) is 0 Å². The molecule has 1 aromatic heterocycles. The third-order valence-corrected chi connectivity index (χ3v) is 5.03. The number of amides is 2. The van der Waals surface area contributed by atoms with Crippen LogP contribution in [0.4, 0.5) is 5.69 Å². The number of pyridine rings is 1. The summed E-state index contributed by atoms with van der Waals surface area (Å²) in [5, 5.41) is 4.05. The van der Waals surface area contributed by atoms with Crippen LogP contribution in [0.3, 0.4) is 0 Å². The quantitative estimate of drug-likeness (QED) is 0.508. The van der Waals surface area contributed by atoms with Crippen molar-refractivity contribution in [2.45, 2.75) is 6.54 Å². The fraction of sp³-hybridized carbons (Fsp3) is 0.0455. The summed E-state index contributed by atoms with van der Waals surface area (Å²) in [5.74, 6) is -0.995. The Morgan fingerprint density at radius 3 is 2.10 bits per heavy atom. The van der Waals surface area contributed by atoms with E-state index in [1.165, 1.54) is 12.1 Å². The van der Waals surface area contributed by atoms with Gasteiger partial charge in [0.25, 0.3) is 0 Å². The fourth-order valence-electron chi connectivity index (χ4n) is 3.38. The van der Waals surface area contributed by atoms with Crippen LogP contribution in [0.2, 0.25) is 5.02 Å². The van der Waals surface area contributed by atoms with Gasteiger partial charge in [-0.1, -0.05) is 35.9 Å². The van der Waals surface area contributed by atoms with E-state index in [1.807, 2.05) is 24.3 Å². The number of carbonyl (C=O) groups is 2. The number of nitrogens with zero attached hydrogens (tertiary/aromatic N) is 1. The molecule has 144 valence electrons. The molecular formula is C22H16ClN3O3. The van der Waals surface area contributed by atoms with Crippen LogP contribution in [0.5, 0.6) is 0 Å². The predicted octanol–water partition coefficient (Wildman–Crippen LogP) is 3.55. The molecular weight excluding hydrogens is 390 g/mol. The number of hydrogen-bond donors (Lipinski definition) is 2. The van der Waals surface area contributed by atoms with Gasteiger partial charge in [0, 0.05) is 16.5 Å². The smallest absolute Gasteiger partial charge is 0.250 e. The molecule has 0 saturated heterocycles. The maximum absolute atomic E-state index is 12.8. The number of hydrogen-bond acceptors (Lipinski definition) is 3. The summed E-state index contributed by atoms with van der Waals surface area (Å²) in [5.41, 5.74) is 7.10. The van der Waals surface area contributed by atoms with Crippen molar-refractivity contribution in [2.24, 2.45) is 5.73 Å². The molecule has 4 rings (SSSR count). The molecule has 0 bridgehead atoms. The number of rotatable bonds is 4. The standard InChI is InChI=1S/C22H16ClN3O3/c23-17-10-9-13(11-16(17)22(24)29)25-20(27)12-26-18-7-3-1-5-14(18)21(28)15-6-2-4-8-19(15)26/h1-11H,12H2,(H2,24,29)(H,25,27). The average Bonchev–Trinajstić information content (AvgIpc) is 2.72. The van der Waals surface area contributed by atoms with Crippen LogP contribution in [-0.2, 0) is 11.3 Å². The Bertz CT molecular complexity index is 1280. The topological polar surface area (TPSA) is 94.2 Å². The van der Waals surface area contributed by atoms with Gasteiger partial charge < -0.3 is 15.6 Å². The molecule has 7 heteroatoms. The number of carbonyl (C=O) groups excluding carboxylic acids is 2. The molecule has 2 amide bonds. The van der Waals surface area contributed by atoms with E-state index in [4.69, 9.17) is 17.3 Å². The Morgan fingerprint density at radius 2 is 1.52 bits per heavy atom. The molecule has 0 unspecified atom stereocenters. The van der Waals surface area contributed by atoms with Gasteiger partial charge in [-0.05, 0) is 42.5 Å². The van der Waals surface area contributed by atoms with Crippen molar-refractivity contribution < 1.29 is 9.59 Å². The van der Waals surface area contributed by atoms with Crippen molar-refractivity contribution in [3.63, 3.8) is 0 Å². The lowest BCUT2D eigenvalue weighted by Crippen LogP contribution is -2.22. The van der Waals surface area contributed by atoms with Crippen molar-refractivity contribution in [2.75, 3.05) is 5.32 Å². The number of anilines is 1. The molecule has 29 heavy (non-hydrogen) atoms. The zero-order valence-electron chi connectivity index (χ0n) is 15.2. The molecule has 6 nitrogen and oxygen atoms in total. The van der Waals surface area contributed by atoms with Crippen LogP contribution in [0.15, 0.2) is 71.5 Å². The number of para-hydroxylation sites is 2. The molecule has 0 spiro atoms. The van der Waals surface area contributed by atoms with Crippen molar-refractivity contribution in [3.05, 3.63) is 87.5 Å². The van der Waals surface area contributed by atoms with Crippen molar-refractivity contribution >= 4 is 50.9 Å². The Morgan fingerprint density at radius 1 is 0.931 bits per heavy atom. The Balaban J connectivity index is 1.75. The third kappa shape index (κ3) is 3.46. The molecule has 0 saturated carbocycles. The SMILES string of the molecule is NC(=O)c1cc(NC(=O)Cn2c3ccccc3c(=O)c3ccccc32)ccc1Cl. The van der Waals surface area contributed by atoms with E-state index in [-0.39, 0.29) is 28.5 Å². The molecule has 0 aliphatic heterocycles. The number of nitrogens with two attached hydrogens (primary N) is 1. The molecule has 3 aromatic carbocycles. The summed E-state index contributed by atoms with van der Waals surface area (Å²) >= 11 is 5.96. The zero-order chi connectivity index (χ0) is 20.5. The summed E-state index contributed by atoms with van der Waals surface area (Å²) < 4.78 is 1.80. The maximum Gasteiger partial charge on any atom is 0.250 e. The number of fused-ring (bicyclic) bond motifs is 2. The van der Waals surface area contributed by atoms with Gasteiger partial charge in [-0.3, -0.25) is 14.4 Å². The number of primary amides is 1. The lowest BCUT2D eigenvalue weighted by Gasteiger charge is -2.15. The molecule has 0 aliphatic rings. The third-order valence-electron chi connectivity index (χ3n) is 4.70. The molecule has 4 aromatic rings. The second-order valence-corrected chi connectivity index (χ2v) is 6.96. The molecule has 0 aliphatic carbocycles. The summed E-state index contributed by atoms with van der Waals surface area (Å²) in [6.07, 6.45) is 0. The second kappa shape index (κ2) is 7.41. The number of aromatic nitrogens is 1. The van der Waals surface area contributed by atoms with Gasteiger partial charge in [-0.15, -0.1) is 0 Å². The molecule has 0 atom stereocenters. The van der Waals surface area contributed by atoms with Crippen molar-refractivity contribution in [1.29, 1.82) is 0 Å². The van der Waals surface area contributed by atoms with Crippen molar-refractivity contribution in [1.82, 2.24) is 4.57 Å². The van der Waals surface area contributed by atoms with Crippen LogP contribution in [0, 0.1) is 0 Å². The van der Waals surface area contributed by atoms with E-state index >= 15 is 0 Å². The summed E-state index contributed by atoms with van der Waals surface area (Å²) in [4.78, 5) is 37.0. The molecule has 0 radical (unpaired) electrons. The summed E-state index contributed by atoms with van der Waals surface area (Å²) in [6.45, 7) is -0.0180. The van der Waals surface area contributed by atoms with Crippen LogP contribution < -0.4 is 16.5 Å². The predicted molar refractivity (Wildman–Crippen MR) is 114 cm³/mol. The van der Waals surface area contributed by atoms with Crippen LogP contribution in [0.25, 0.3) is 21.8 Å². The van der Waals surface area contributed by atoms with Crippen LogP contribution >= 0.6 is 11.6 Å². The molecule has 1 heterocycles. The maximum atomic E-state index is 12.8. The van der Waals surface area contributed by atoms with Gasteiger partial charge in [0.15, 0.2) is 5.43 Å². The average molecular weight is 406 g/mol. The first-order chi connectivity index (χ1) is 14.0. The zero-order valence-corrected chi connectivity index (χ0v) is 15.9. The van der Waals surface area contributed by atoms with E-state index in [1.54, 1.807) is 34.9 Å². The summed E-state index contributed by atoms with van der Waals surface area (Å²) in [6, 6.07) is 18.9. The number of halogens is 1. The first-order valence-electron chi connectivity index (χ1n) is 8.85. The minimum Gasteiger partial charge on any atom is -0.366 e. The first kappa shape index (κ1) is 18.7. The van der Waals surface area contributed by atoms with Gasteiger partial charge in [-0.2, -0.15) is 0 Å². The van der Waals surface area contributed by atoms with Gasteiger partial charge in [0.1, 0.15) is 6.54 Å². The normalized spacial score (nSPS) is 10.9. The second-order valence-electron chi connectivity index (χ2n) is 6.56. The highest BCUT2D eigenvalue weighted by Gasteiger charge is 2.14.